The van der Waals surface area contributed by atoms with E-state index in [-0.39, 0.29) is 18.8 Å². The molecule has 0 aliphatic carbocycles. The average molecular weight is 377 g/mol. The van der Waals surface area contributed by atoms with E-state index < -0.39 is 48.0 Å². The third-order valence-corrected chi connectivity index (χ3v) is 4.05. The lowest BCUT2D eigenvalue weighted by atomic mass is 9.96. The molecular weight excluding hydrogens is 359 g/mol. The lowest BCUT2D eigenvalue weighted by Crippen LogP contribution is -2.54. The Labute approximate surface area is 146 Å². The summed E-state index contributed by atoms with van der Waals surface area (Å²) >= 11 is 0. The van der Waals surface area contributed by atoms with Crippen LogP contribution in [0.5, 0.6) is 0 Å². The van der Waals surface area contributed by atoms with Crippen LogP contribution in [0.1, 0.15) is 26.0 Å². The summed E-state index contributed by atoms with van der Waals surface area (Å²) in [6.07, 6.45) is -5.09. The molecule has 144 valence electrons. The highest BCUT2D eigenvalue weighted by molar-refractivity contribution is 5.67. The van der Waals surface area contributed by atoms with Crippen LogP contribution in [0, 0.1) is 0 Å². The minimum atomic E-state index is -4.61. The van der Waals surface area contributed by atoms with Crippen molar-refractivity contribution in [1.82, 2.24) is 9.97 Å². The van der Waals surface area contributed by atoms with E-state index in [1.54, 1.807) is 13.8 Å². The minimum absolute atomic E-state index is 0.0243. The van der Waals surface area contributed by atoms with Gasteiger partial charge >= 0.3 is 12.1 Å². The fourth-order valence-electron chi connectivity index (χ4n) is 3.07. The molecule has 2 aliphatic heterocycles. The molecule has 0 spiro atoms. The molecule has 11 heteroatoms. The van der Waals surface area contributed by atoms with E-state index in [0.29, 0.717) is 6.20 Å². The molecular formula is C15H18F3N3O5. The second kappa shape index (κ2) is 6.63. The molecule has 8 nitrogen and oxygen atoms in total. The van der Waals surface area contributed by atoms with Crippen LogP contribution in [-0.4, -0.2) is 57.8 Å². The Kier molecular flexibility index (Phi) is 4.80. The van der Waals surface area contributed by atoms with E-state index in [4.69, 9.17) is 19.3 Å². The normalized spacial score (nSPS) is 30.7. The number of aliphatic carboxylic acids is 1. The highest BCUT2D eigenvalue weighted by Crippen LogP contribution is 2.37. The fraction of sp³-hybridized carbons (Fsp3) is 0.667. The number of halogens is 3. The SMILES string of the molecule is CC1(C)O[C@@H]2[C@H](O1)[C@@H](Nc1cncc(C(F)(F)F)n1)CO[C@@H]2CC(=O)O. The van der Waals surface area contributed by atoms with E-state index in [1.165, 1.54) is 0 Å². The predicted octanol–water partition coefficient (Wildman–Crippen LogP) is 1.67. The molecule has 3 rings (SSSR count). The van der Waals surface area contributed by atoms with Gasteiger partial charge in [-0.2, -0.15) is 13.2 Å². The second-order valence-corrected chi connectivity index (χ2v) is 6.57. The summed E-state index contributed by atoms with van der Waals surface area (Å²) in [7, 11) is 0. The second-order valence-electron chi connectivity index (χ2n) is 6.57. The number of carboxylic acid groups (broad SMARTS) is 1. The first kappa shape index (κ1) is 18.8. The Bertz CT molecular complexity index is 685. The molecule has 4 atom stereocenters. The predicted molar refractivity (Wildman–Crippen MR) is 80.3 cm³/mol. The molecule has 2 saturated heterocycles. The molecule has 0 aromatic carbocycles. The number of carbonyl (C=O) groups is 1. The van der Waals surface area contributed by atoms with Crippen LogP contribution in [0.3, 0.4) is 0 Å². The van der Waals surface area contributed by atoms with Gasteiger partial charge in [0.15, 0.2) is 11.5 Å². The van der Waals surface area contributed by atoms with Gasteiger partial charge in [0.1, 0.15) is 18.0 Å². The number of nitrogens with one attached hydrogen (secondary N) is 1. The molecule has 0 radical (unpaired) electrons. The number of carboxylic acids is 1. The topological polar surface area (TPSA) is 103 Å². The maximum Gasteiger partial charge on any atom is 0.434 e. The van der Waals surface area contributed by atoms with Gasteiger partial charge in [-0.1, -0.05) is 0 Å². The average Bonchev–Trinajstić information content (AvgIpc) is 2.85. The number of hydrogen-bond acceptors (Lipinski definition) is 7. The van der Waals surface area contributed by atoms with Gasteiger partial charge < -0.3 is 24.6 Å². The van der Waals surface area contributed by atoms with Crippen molar-refractivity contribution < 1.29 is 37.3 Å². The van der Waals surface area contributed by atoms with Crippen molar-refractivity contribution in [1.29, 1.82) is 0 Å². The van der Waals surface area contributed by atoms with Crippen LogP contribution in [0.4, 0.5) is 19.0 Å². The smallest absolute Gasteiger partial charge is 0.434 e. The number of nitrogens with zero attached hydrogens (tertiary/aromatic N) is 2. The highest BCUT2D eigenvalue weighted by Gasteiger charge is 2.52. The van der Waals surface area contributed by atoms with Crippen molar-refractivity contribution in [2.24, 2.45) is 0 Å². The number of anilines is 1. The van der Waals surface area contributed by atoms with E-state index in [0.717, 1.165) is 6.20 Å². The lowest BCUT2D eigenvalue weighted by molar-refractivity contribution is -0.161. The van der Waals surface area contributed by atoms with Crippen molar-refractivity contribution in [3.8, 4) is 0 Å². The summed E-state index contributed by atoms with van der Waals surface area (Å²) in [6, 6.07) is -0.579. The van der Waals surface area contributed by atoms with Gasteiger partial charge in [0.05, 0.1) is 37.6 Å². The van der Waals surface area contributed by atoms with E-state index in [9.17, 15) is 18.0 Å². The molecule has 1 aromatic heterocycles. The Morgan fingerprint density at radius 1 is 1.35 bits per heavy atom. The number of ether oxygens (including phenoxy) is 3. The largest absolute Gasteiger partial charge is 0.481 e. The first-order valence-corrected chi connectivity index (χ1v) is 7.90. The molecule has 26 heavy (non-hydrogen) atoms. The van der Waals surface area contributed by atoms with Crippen molar-refractivity contribution in [2.75, 3.05) is 11.9 Å². The highest BCUT2D eigenvalue weighted by atomic mass is 19.4. The summed E-state index contributed by atoms with van der Waals surface area (Å²) in [5, 5.41) is 11.8. The van der Waals surface area contributed by atoms with E-state index in [1.807, 2.05) is 0 Å². The van der Waals surface area contributed by atoms with Crippen LogP contribution >= 0.6 is 0 Å². The van der Waals surface area contributed by atoms with E-state index in [2.05, 4.69) is 15.3 Å². The van der Waals surface area contributed by atoms with E-state index >= 15 is 0 Å². The summed E-state index contributed by atoms with van der Waals surface area (Å²) in [5.41, 5.74) is -1.12. The Hall–Kier alpha value is -1.98. The Balaban J connectivity index is 1.78. The summed E-state index contributed by atoms with van der Waals surface area (Å²) in [6.45, 7) is 3.37. The summed E-state index contributed by atoms with van der Waals surface area (Å²) < 4.78 is 55.5. The van der Waals surface area contributed by atoms with Gasteiger partial charge in [-0.3, -0.25) is 9.78 Å². The maximum absolute atomic E-state index is 12.8. The molecule has 0 saturated carbocycles. The van der Waals surface area contributed by atoms with Crippen molar-refractivity contribution in [3.05, 3.63) is 18.1 Å². The van der Waals surface area contributed by atoms with Crippen LogP contribution in [0.2, 0.25) is 0 Å². The van der Waals surface area contributed by atoms with Gasteiger partial charge in [0, 0.05) is 0 Å². The quantitative estimate of drug-likeness (QED) is 0.817. The third kappa shape index (κ3) is 4.05. The van der Waals surface area contributed by atoms with Crippen LogP contribution < -0.4 is 5.32 Å². The Morgan fingerprint density at radius 3 is 2.69 bits per heavy atom. The standard InChI is InChI=1S/C15H18F3N3O5/c1-14(2)25-12-7(6-24-8(3-11(22)23)13(12)26-14)20-10-5-19-4-9(21-10)15(16,17)18/h4-5,7-8,12-13H,3,6H2,1-2H3,(H,20,21)(H,22,23)/t7-,8+,12+,13-/m0/s1. The third-order valence-electron chi connectivity index (χ3n) is 4.05. The van der Waals surface area contributed by atoms with Gasteiger partial charge in [-0.15, -0.1) is 0 Å². The fourth-order valence-corrected chi connectivity index (χ4v) is 3.07. The van der Waals surface area contributed by atoms with Gasteiger partial charge in [0.2, 0.25) is 0 Å². The zero-order valence-corrected chi connectivity index (χ0v) is 14.0. The molecule has 0 bridgehead atoms. The number of fused-ring (bicyclic) bond motifs is 1. The number of hydrogen-bond donors (Lipinski definition) is 2. The van der Waals surface area contributed by atoms with Crippen LogP contribution in [0.15, 0.2) is 12.4 Å². The van der Waals surface area contributed by atoms with Crippen LogP contribution in [0.25, 0.3) is 0 Å². The van der Waals surface area contributed by atoms with Gasteiger partial charge in [-0.25, -0.2) is 4.98 Å². The number of alkyl halides is 3. The summed E-state index contributed by atoms with van der Waals surface area (Å²) in [4.78, 5) is 18.1. The van der Waals surface area contributed by atoms with Crippen molar-refractivity contribution in [3.63, 3.8) is 0 Å². The first-order valence-electron chi connectivity index (χ1n) is 7.90. The van der Waals surface area contributed by atoms with Crippen molar-refractivity contribution in [2.45, 2.75) is 56.6 Å². The van der Waals surface area contributed by atoms with Gasteiger partial charge in [-0.05, 0) is 13.8 Å². The van der Waals surface area contributed by atoms with Crippen molar-refractivity contribution >= 4 is 11.8 Å². The monoisotopic (exact) mass is 377 g/mol. The van der Waals surface area contributed by atoms with Crippen LogP contribution in [-0.2, 0) is 25.2 Å². The zero-order chi connectivity index (χ0) is 19.1. The molecule has 1 aromatic rings. The molecule has 2 N–H and O–H groups in total. The zero-order valence-electron chi connectivity index (χ0n) is 14.0. The number of aromatic nitrogens is 2. The first-order chi connectivity index (χ1) is 12.0. The molecule has 2 aliphatic rings. The summed E-state index contributed by atoms with van der Waals surface area (Å²) in [5.74, 6) is -2.10. The molecule has 0 unspecified atom stereocenters. The minimum Gasteiger partial charge on any atom is -0.481 e. The lowest BCUT2D eigenvalue weighted by Gasteiger charge is -2.37. The maximum atomic E-state index is 12.8. The molecule has 2 fully saturated rings. The van der Waals surface area contributed by atoms with Gasteiger partial charge in [0.25, 0.3) is 0 Å². The Morgan fingerprint density at radius 2 is 2.04 bits per heavy atom. The molecule has 3 heterocycles. The molecule has 0 amide bonds. The number of rotatable bonds is 4.